The Hall–Kier alpha value is -3.34. The summed E-state index contributed by atoms with van der Waals surface area (Å²) in [6.45, 7) is 0. The van der Waals surface area contributed by atoms with Crippen molar-refractivity contribution in [1.29, 1.82) is 0 Å². The maximum absolute atomic E-state index is 13.4. The fraction of sp³-hybridized carbons (Fsp3) is 0.111. The standard InChI is InChI=1S/C27H21NO2S/c29-25-21(15-19-9-3-1-4-10-19)17-27(30,18-22(25)16-20-11-5-2-6-12-20)26-28-23-13-7-8-14-24(23)31-26/h1-16,30H,17-18H2/b21-15-,22-16-. The SMILES string of the molecule is O=C1/C(=C\c2ccccc2)CC(O)(c2nc3ccccc3s2)C/C1=C/c1ccccc1. The van der Waals surface area contributed by atoms with Gasteiger partial charge in [0.2, 0.25) is 0 Å². The van der Waals surface area contributed by atoms with E-state index in [0.29, 0.717) is 16.2 Å². The lowest BCUT2D eigenvalue weighted by molar-refractivity contribution is -0.115. The fourth-order valence-corrected chi connectivity index (χ4v) is 5.07. The molecule has 4 heteroatoms. The minimum Gasteiger partial charge on any atom is -0.382 e. The van der Waals surface area contributed by atoms with E-state index in [1.54, 1.807) is 0 Å². The number of fused-ring (bicyclic) bond motifs is 1. The topological polar surface area (TPSA) is 50.2 Å². The molecular formula is C27H21NO2S. The predicted octanol–water partition coefficient (Wildman–Crippen LogP) is 6.01. The third kappa shape index (κ3) is 4.00. The molecule has 0 radical (unpaired) electrons. The minimum atomic E-state index is -1.22. The number of Topliss-reactive ketones (excluding diaryl/α,β-unsaturated/α-hetero) is 1. The molecule has 152 valence electrons. The number of para-hydroxylation sites is 1. The van der Waals surface area contributed by atoms with E-state index in [1.807, 2.05) is 97.1 Å². The van der Waals surface area contributed by atoms with Gasteiger partial charge in [0, 0.05) is 24.0 Å². The normalized spacial score (nSPS) is 21.8. The Labute approximate surface area is 185 Å². The van der Waals surface area contributed by atoms with Crippen molar-refractivity contribution in [2.24, 2.45) is 0 Å². The number of carbonyl (C=O) groups is 1. The molecule has 3 nitrogen and oxygen atoms in total. The molecule has 1 heterocycles. The van der Waals surface area contributed by atoms with Crippen molar-refractivity contribution in [3.8, 4) is 0 Å². The zero-order valence-corrected chi connectivity index (χ0v) is 17.7. The first kappa shape index (κ1) is 19.6. The van der Waals surface area contributed by atoms with E-state index in [2.05, 4.69) is 0 Å². The van der Waals surface area contributed by atoms with Gasteiger partial charge in [-0.2, -0.15) is 0 Å². The van der Waals surface area contributed by atoms with Crippen LogP contribution in [0.1, 0.15) is 29.0 Å². The molecule has 0 atom stereocenters. The van der Waals surface area contributed by atoms with Gasteiger partial charge in [0.05, 0.1) is 10.2 Å². The molecule has 1 fully saturated rings. The first-order valence-corrected chi connectivity index (χ1v) is 11.1. The summed E-state index contributed by atoms with van der Waals surface area (Å²) in [7, 11) is 0. The van der Waals surface area contributed by atoms with Crippen molar-refractivity contribution in [1.82, 2.24) is 4.98 Å². The number of aliphatic hydroxyl groups is 1. The van der Waals surface area contributed by atoms with Crippen LogP contribution < -0.4 is 0 Å². The molecule has 1 aliphatic carbocycles. The number of carbonyl (C=O) groups excluding carboxylic acids is 1. The van der Waals surface area contributed by atoms with Gasteiger partial charge in [-0.1, -0.05) is 72.8 Å². The Balaban J connectivity index is 1.62. The number of rotatable bonds is 3. The number of nitrogens with zero attached hydrogens (tertiary/aromatic N) is 1. The summed E-state index contributed by atoms with van der Waals surface area (Å²) >= 11 is 1.49. The van der Waals surface area contributed by atoms with Crippen molar-refractivity contribution in [2.45, 2.75) is 18.4 Å². The molecule has 3 aromatic carbocycles. The van der Waals surface area contributed by atoms with E-state index >= 15 is 0 Å². The van der Waals surface area contributed by atoms with Crippen LogP contribution in [0.25, 0.3) is 22.4 Å². The lowest BCUT2D eigenvalue weighted by Crippen LogP contribution is -2.34. The van der Waals surface area contributed by atoms with Gasteiger partial charge in [-0.15, -0.1) is 11.3 Å². The van der Waals surface area contributed by atoms with E-state index < -0.39 is 5.60 Å². The number of benzene rings is 3. The average Bonchev–Trinajstić information content (AvgIpc) is 3.24. The van der Waals surface area contributed by atoms with Gasteiger partial charge in [0.1, 0.15) is 10.6 Å². The summed E-state index contributed by atoms with van der Waals surface area (Å²) in [6, 6.07) is 27.4. The molecule has 0 unspecified atom stereocenters. The van der Waals surface area contributed by atoms with Crippen LogP contribution in [0.4, 0.5) is 0 Å². The van der Waals surface area contributed by atoms with Gasteiger partial charge in [-0.3, -0.25) is 4.79 Å². The molecule has 0 saturated heterocycles. The van der Waals surface area contributed by atoms with Gasteiger partial charge in [-0.05, 0) is 35.4 Å². The average molecular weight is 424 g/mol. The van der Waals surface area contributed by atoms with Crippen LogP contribution in [0.15, 0.2) is 96.1 Å². The van der Waals surface area contributed by atoms with E-state index in [4.69, 9.17) is 4.98 Å². The summed E-state index contributed by atoms with van der Waals surface area (Å²) in [5.41, 5.74) is 2.73. The van der Waals surface area contributed by atoms with Crippen LogP contribution in [0.2, 0.25) is 0 Å². The van der Waals surface area contributed by atoms with Crippen molar-refractivity contribution >= 4 is 39.5 Å². The summed E-state index contributed by atoms with van der Waals surface area (Å²) in [6.07, 6.45) is 4.26. The lowest BCUT2D eigenvalue weighted by atomic mass is 9.77. The second-order valence-corrected chi connectivity index (χ2v) is 8.89. The molecule has 0 bridgehead atoms. The third-order valence-corrected chi connectivity index (χ3v) is 6.75. The maximum Gasteiger partial charge on any atom is 0.185 e. The first-order chi connectivity index (χ1) is 15.1. The molecule has 0 aliphatic heterocycles. The Morgan fingerprint density at radius 3 is 1.84 bits per heavy atom. The van der Waals surface area contributed by atoms with E-state index in [0.717, 1.165) is 21.3 Å². The third-order valence-electron chi connectivity index (χ3n) is 5.52. The molecule has 1 aliphatic rings. The highest BCUT2D eigenvalue weighted by Gasteiger charge is 2.42. The zero-order valence-electron chi connectivity index (χ0n) is 16.9. The number of hydrogen-bond donors (Lipinski definition) is 1. The highest BCUT2D eigenvalue weighted by atomic mass is 32.1. The number of ketones is 1. The zero-order chi connectivity index (χ0) is 21.3. The van der Waals surface area contributed by atoms with E-state index in [-0.39, 0.29) is 18.6 Å². The Kier molecular flexibility index (Phi) is 5.10. The number of hydrogen-bond acceptors (Lipinski definition) is 4. The fourth-order valence-electron chi connectivity index (χ4n) is 4.02. The summed E-state index contributed by atoms with van der Waals surface area (Å²) in [5.74, 6) is -0.0153. The quantitative estimate of drug-likeness (QED) is 0.410. The van der Waals surface area contributed by atoms with Crippen molar-refractivity contribution in [2.75, 3.05) is 0 Å². The molecule has 0 spiro atoms. The van der Waals surface area contributed by atoms with E-state index in [9.17, 15) is 9.90 Å². The molecule has 5 rings (SSSR count). The molecular weight excluding hydrogens is 402 g/mol. The van der Waals surface area contributed by atoms with Gasteiger partial charge >= 0.3 is 0 Å². The van der Waals surface area contributed by atoms with Crippen LogP contribution in [-0.2, 0) is 10.4 Å². The van der Waals surface area contributed by atoms with E-state index in [1.165, 1.54) is 11.3 Å². The Morgan fingerprint density at radius 1 is 0.774 bits per heavy atom. The summed E-state index contributed by atoms with van der Waals surface area (Å²) < 4.78 is 1.03. The van der Waals surface area contributed by atoms with Gasteiger partial charge in [-0.25, -0.2) is 4.98 Å². The summed E-state index contributed by atoms with van der Waals surface area (Å²) in [5, 5.41) is 12.4. The number of thiazole rings is 1. The Bertz CT molecular complexity index is 1210. The van der Waals surface area contributed by atoms with Gasteiger partial charge in [0.25, 0.3) is 0 Å². The van der Waals surface area contributed by atoms with Crippen LogP contribution in [0, 0.1) is 0 Å². The van der Waals surface area contributed by atoms with Crippen molar-refractivity contribution in [3.05, 3.63) is 112 Å². The smallest absolute Gasteiger partial charge is 0.185 e. The van der Waals surface area contributed by atoms with Crippen LogP contribution in [0.5, 0.6) is 0 Å². The molecule has 1 N–H and O–H groups in total. The maximum atomic E-state index is 13.4. The minimum absolute atomic E-state index is 0.0153. The highest BCUT2D eigenvalue weighted by Crippen LogP contribution is 2.44. The second kappa shape index (κ2) is 8.06. The molecule has 1 aromatic heterocycles. The number of aromatic nitrogens is 1. The Morgan fingerprint density at radius 2 is 1.29 bits per heavy atom. The highest BCUT2D eigenvalue weighted by molar-refractivity contribution is 7.18. The second-order valence-electron chi connectivity index (χ2n) is 7.86. The van der Waals surface area contributed by atoms with Crippen LogP contribution in [-0.4, -0.2) is 15.9 Å². The van der Waals surface area contributed by atoms with Crippen LogP contribution in [0.3, 0.4) is 0 Å². The monoisotopic (exact) mass is 423 g/mol. The molecule has 0 amide bonds. The van der Waals surface area contributed by atoms with Crippen molar-refractivity contribution < 1.29 is 9.90 Å². The molecule has 31 heavy (non-hydrogen) atoms. The summed E-state index contributed by atoms with van der Waals surface area (Å²) in [4.78, 5) is 18.1. The first-order valence-electron chi connectivity index (χ1n) is 10.3. The van der Waals surface area contributed by atoms with Crippen molar-refractivity contribution in [3.63, 3.8) is 0 Å². The van der Waals surface area contributed by atoms with Gasteiger partial charge < -0.3 is 5.11 Å². The van der Waals surface area contributed by atoms with Crippen LogP contribution >= 0.6 is 11.3 Å². The van der Waals surface area contributed by atoms with Gasteiger partial charge in [0.15, 0.2) is 5.78 Å². The lowest BCUT2D eigenvalue weighted by Gasteiger charge is -2.32. The molecule has 4 aromatic rings. The molecule has 1 saturated carbocycles. The largest absolute Gasteiger partial charge is 0.382 e. The predicted molar refractivity (Wildman–Crippen MR) is 127 cm³/mol.